The van der Waals surface area contributed by atoms with Crippen LogP contribution in [0, 0.1) is 0 Å². The molecule has 0 aliphatic rings. The largest absolute Gasteiger partial charge is 0.480 e. The number of carboxylic acid groups (broad SMARTS) is 1. The Bertz CT molecular complexity index is 743. The van der Waals surface area contributed by atoms with Crippen LogP contribution < -0.4 is 10.6 Å². The summed E-state index contributed by atoms with van der Waals surface area (Å²) in [6.07, 6.45) is 2.22. The molecule has 1 aromatic rings. The van der Waals surface area contributed by atoms with E-state index in [0.29, 0.717) is 12.1 Å². The van der Waals surface area contributed by atoms with Crippen LogP contribution in [0.2, 0.25) is 0 Å². The maximum atomic E-state index is 11.9. The zero-order chi connectivity index (χ0) is 19.7. The first-order chi connectivity index (χ1) is 12.1. The molecular formula is C17H24N2O6S. The van der Waals surface area contributed by atoms with Crippen LogP contribution in [-0.2, 0) is 19.4 Å². The van der Waals surface area contributed by atoms with Crippen molar-refractivity contribution in [2.45, 2.75) is 39.2 Å². The Morgan fingerprint density at radius 1 is 1.12 bits per heavy atom. The van der Waals surface area contributed by atoms with Gasteiger partial charge in [-0.05, 0) is 37.6 Å². The molecule has 1 rings (SSSR count). The zero-order valence-electron chi connectivity index (χ0n) is 14.8. The number of hydrogen-bond acceptors (Lipinski definition) is 5. The molecule has 9 heteroatoms. The van der Waals surface area contributed by atoms with E-state index < -0.39 is 39.4 Å². The monoisotopic (exact) mass is 384 g/mol. The number of aliphatic carboxylic acids is 1. The second-order valence-electron chi connectivity index (χ2n) is 5.96. The number of unbranched alkanes of at least 4 members (excludes halogenated alkanes) is 2. The number of carboxylic acids is 1. The van der Waals surface area contributed by atoms with Crippen LogP contribution in [0.4, 0.5) is 5.69 Å². The number of hydrogen-bond donors (Lipinski definition) is 3. The molecule has 26 heavy (non-hydrogen) atoms. The summed E-state index contributed by atoms with van der Waals surface area (Å²) in [4.78, 5) is 34.5. The first kappa shape index (κ1) is 21.6. The number of rotatable bonds is 10. The molecule has 0 spiro atoms. The zero-order valence-corrected chi connectivity index (χ0v) is 15.6. The molecule has 2 amide bonds. The molecule has 1 unspecified atom stereocenters. The third-order valence-corrected chi connectivity index (χ3v) is 5.17. The van der Waals surface area contributed by atoms with Gasteiger partial charge in [-0.2, -0.15) is 0 Å². The van der Waals surface area contributed by atoms with Crippen molar-refractivity contribution >= 4 is 33.3 Å². The molecule has 0 fully saturated rings. The summed E-state index contributed by atoms with van der Waals surface area (Å²) in [6.45, 7) is 3.31. The molecule has 3 N–H and O–H groups in total. The van der Waals surface area contributed by atoms with Crippen molar-refractivity contribution in [3.63, 3.8) is 0 Å². The van der Waals surface area contributed by atoms with E-state index >= 15 is 0 Å². The molecule has 1 atom stereocenters. The molecule has 144 valence electrons. The van der Waals surface area contributed by atoms with Gasteiger partial charge in [-0.25, -0.2) is 8.42 Å². The second-order valence-corrected chi connectivity index (χ2v) is 8.14. The van der Waals surface area contributed by atoms with Gasteiger partial charge in [-0.3, -0.25) is 14.4 Å². The molecule has 0 aliphatic carbocycles. The van der Waals surface area contributed by atoms with E-state index in [0.717, 1.165) is 12.8 Å². The van der Waals surface area contributed by atoms with E-state index in [-0.39, 0.29) is 11.3 Å². The third-order valence-electron chi connectivity index (χ3n) is 3.56. The van der Waals surface area contributed by atoms with Gasteiger partial charge in [0.25, 0.3) is 5.91 Å². The molecule has 1 aromatic carbocycles. The Kier molecular flexibility index (Phi) is 8.24. The Labute approximate surface area is 152 Å². The fourth-order valence-corrected chi connectivity index (χ4v) is 3.35. The summed E-state index contributed by atoms with van der Waals surface area (Å²) < 4.78 is 23.7. The van der Waals surface area contributed by atoms with E-state index in [1.807, 2.05) is 6.92 Å². The lowest BCUT2D eigenvalue weighted by molar-refractivity contribution is -0.138. The van der Waals surface area contributed by atoms with Gasteiger partial charge in [-0.1, -0.05) is 19.8 Å². The van der Waals surface area contributed by atoms with Crippen molar-refractivity contribution in [1.29, 1.82) is 0 Å². The third kappa shape index (κ3) is 7.64. The summed E-state index contributed by atoms with van der Waals surface area (Å²) in [5.74, 6) is -2.96. The predicted molar refractivity (Wildman–Crippen MR) is 97.8 cm³/mol. The number of sulfone groups is 1. The van der Waals surface area contributed by atoms with E-state index in [2.05, 4.69) is 10.6 Å². The highest BCUT2D eigenvalue weighted by atomic mass is 32.2. The van der Waals surface area contributed by atoms with Crippen LogP contribution in [0.1, 0.15) is 43.5 Å². The molecule has 0 aromatic heterocycles. The number of carbonyl (C=O) groups is 3. The van der Waals surface area contributed by atoms with Crippen LogP contribution in [0.5, 0.6) is 0 Å². The number of amides is 2. The Morgan fingerprint density at radius 2 is 1.73 bits per heavy atom. The topological polar surface area (TPSA) is 130 Å². The first-order valence-electron chi connectivity index (χ1n) is 8.28. The second kappa shape index (κ2) is 9.91. The van der Waals surface area contributed by atoms with E-state index in [1.54, 1.807) is 0 Å². The summed E-state index contributed by atoms with van der Waals surface area (Å²) in [5, 5.41) is 13.5. The minimum Gasteiger partial charge on any atom is -0.480 e. The lowest BCUT2D eigenvalue weighted by atomic mass is 10.2. The highest BCUT2D eigenvalue weighted by Gasteiger charge is 2.17. The van der Waals surface area contributed by atoms with Crippen molar-refractivity contribution < 1.29 is 27.9 Å². The van der Waals surface area contributed by atoms with Crippen LogP contribution in [0.25, 0.3) is 0 Å². The lowest BCUT2D eigenvalue weighted by Gasteiger charge is -2.10. The molecule has 8 nitrogen and oxygen atoms in total. The minimum absolute atomic E-state index is 0.0187. The number of anilines is 1. The lowest BCUT2D eigenvalue weighted by Crippen LogP contribution is -2.38. The van der Waals surface area contributed by atoms with Crippen LogP contribution in [-0.4, -0.2) is 48.9 Å². The number of benzene rings is 1. The van der Waals surface area contributed by atoms with Gasteiger partial charge in [0.1, 0.15) is 11.8 Å². The average molecular weight is 384 g/mol. The molecule has 0 saturated carbocycles. The van der Waals surface area contributed by atoms with E-state index in [9.17, 15) is 22.8 Å². The van der Waals surface area contributed by atoms with Crippen LogP contribution in [0.3, 0.4) is 0 Å². The van der Waals surface area contributed by atoms with E-state index in [1.165, 1.54) is 31.2 Å². The molecule has 0 heterocycles. The molecule has 0 radical (unpaired) electrons. The fraction of sp³-hybridized carbons (Fsp3) is 0.471. The van der Waals surface area contributed by atoms with Gasteiger partial charge < -0.3 is 15.7 Å². The summed E-state index contributed by atoms with van der Waals surface area (Å²) >= 11 is 0. The quantitative estimate of drug-likeness (QED) is 0.523. The number of nitrogens with one attached hydrogen (secondary N) is 2. The maximum absolute atomic E-state index is 11.9. The summed E-state index contributed by atoms with van der Waals surface area (Å²) in [6, 6.07) is 4.69. The van der Waals surface area contributed by atoms with Crippen LogP contribution >= 0.6 is 0 Å². The first-order valence-corrected chi connectivity index (χ1v) is 10.1. The summed E-state index contributed by atoms with van der Waals surface area (Å²) in [7, 11) is -3.45. The van der Waals surface area contributed by atoms with E-state index in [4.69, 9.17) is 5.11 Å². The van der Waals surface area contributed by atoms with Crippen molar-refractivity contribution in [2.75, 3.05) is 16.8 Å². The van der Waals surface area contributed by atoms with Crippen molar-refractivity contribution in [3.05, 3.63) is 29.8 Å². The van der Waals surface area contributed by atoms with Gasteiger partial charge in [0.15, 0.2) is 9.84 Å². The highest BCUT2D eigenvalue weighted by molar-refractivity contribution is 7.92. The standard InChI is InChI=1S/C17H24N2O6S/c1-3-4-5-10-26(24,25)11-15(20)19-14-8-6-13(7-9-14)16(21)18-12(2)17(22)23/h6-9,12H,3-5,10-11H2,1-2H3,(H,18,21)(H,19,20)(H,22,23). The predicted octanol–water partition coefficient (Wildman–Crippen LogP) is 1.43. The van der Waals surface area contributed by atoms with Gasteiger partial charge in [0.2, 0.25) is 5.91 Å². The smallest absolute Gasteiger partial charge is 0.325 e. The average Bonchev–Trinajstić information content (AvgIpc) is 2.54. The SMILES string of the molecule is CCCCCS(=O)(=O)CC(=O)Nc1ccc(C(=O)NC(C)C(=O)O)cc1. The minimum atomic E-state index is -3.45. The van der Waals surface area contributed by atoms with Gasteiger partial charge in [0, 0.05) is 11.3 Å². The van der Waals surface area contributed by atoms with Crippen molar-refractivity contribution in [3.8, 4) is 0 Å². The molecule has 0 bridgehead atoms. The number of carbonyl (C=O) groups excluding carboxylic acids is 2. The Morgan fingerprint density at radius 3 is 2.27 bits per heavy atom. The van der Waals surface area contributed by atoms with Crippen molar-refractivity contribution in [1.82, 2.24) is 5.32 Å². The fourth-order valence-electron chi connectivity index (χ4n) is 2.09. The Balaban J connectivity index is 2.60. The Hall–Kier alpha value is -2.42. The molecule has 0 aliphatic heterocycles. The van der Waals surface area contributed by atoms with Crippen molar-refractivity contribution in [2.24, 2.45) is 0 Å². The maximum Gasteiger partial charge on any atom is 0.325 e. The summed E-state index contributed by atoms with van der Waals surface area (Å²) in [5.41, 5.74) is 0.574. The molecular weight excluding hydrogens is 360 g/mol. The van der Waals surface area contributed by atoms with Gasteiger partial charge in [0.05, 0.1) is 5.75 Å². The highest BCUT2D eigenvalue weighted by Crippen LogP contribution is 2.10. The van der Waals surface area contributed by atoms with Gasteiger partial charge in [-0.15, -0.1) is 0 Å². The van der Waals surface area contributed by atoms with Crippen LogP contribution in [0.15, 0.2) is 24.3 Å². The molecule has 0 saturated heterocycles. The van der Waals surface area contributed by atoms with Gasteiger partial charge >= 0.3 is 5.97 Å². The normalized spacial score (nSPS) is 12.2.